The fourth-order valence-corrected chi connectivity index (χ4v) is 1.36. The average molecular weight is 234 g/mol. The largest absolute Gasteiger partial charge is 0.417 e. The maximum Gasteiger partial charge on any atom is 0.417 e. The zero-order valence-electron chi connectivity index (χ0n) is 9.01. The van der Waals surface area contributed by atoms with E-state index in [1.165, 1.54) is 0 Å². The molecule has 16 heavy (non-hydrogen) atoms. The molecule has 0 atom stereocenters. The van der Waals surface area contributed by atoms with Gasteiger partial charge in [0.05, 0.1) is 12.2 Å². The van der Waals surface area contributed by atoms with Crippen LogP contribution in [0.5, 0.6) is 0 Å². The molecule has 0 aromatic carbocycles. The summed E-state index contributed by atoms with van der Waals surface area (Å²) in [5, 5.41) is 0. The molecular formula is C10H13F3N2O. The number of nitrogens with zero attached hydrogens (tertiary/aromatic N) is 1. The van der Waals surface area contributed by atoms with Crippen molar-refractivity contribution in [3.63, 3.8) is 0 Å². The number of halogens is 3. The van der Waals surface area contributed by atoms with Crippen LogP contribution in [-0.4, -0.2) is 4.57 Å². The fourth-order valence-electron chi connectivity index (χ4n) is 1.36. The molecule has 0 unspecified atom stereocenters. The van der Waals surface area contributed by atoms with Crippen molar-refractivity contribution in [2.75, 3.05) is 0 Å². The quantitative estimate of drug-likeness (QED) is 0.849. The Morgan fingerprint density at radius 3 is 2.38 bits per heavy atom. The molecule has 0 amide bonds. The van der Waals surface area contributed by atoms with Gasteiger partial charge in [-0.1, -0.05) is 13.8 Å². The van der Waals surface area contributed by atoms with Crippen LogP contribution in [-0.2, 0) is 12.8 Å². The molecule has 0 aliphatic heterocycles. The van der Waals surface area contributed by atoms with Crippen LogP contribution in [0, 0.1) is 0 Å². The van der Waals surface area contributed by atoms with Gasteiger partial charge < -0.3 is 10.3 Å². The van der Waals surface area contributed by atoms with Gasteiger partial charge in [-0.15, -0.1) is 0 Å². The van der Waals surface area contributed by atoms with Gasteiger partial charge in [0.1, 0.15) is 0 Å². The van der Waals surface area contributed by atoms with Crippen molar-refractivity contribution < 1.29 is 13.2 Å². The highest BCUT2D eigenvalue weighted by molar-refractivity contribution is 5.24. The first kappa shape index (κ1) is 12.8. The minimum Gasteiger partial charge on any atom is -0.313 e. The lowest BCUT2D eigenvalue weighted by Gasteiger charge is -2.13. The molecule has 0 saturated carbocycles. The van der Waals surface area contributed by atoms with Crippen molar-refractivity contribution in [3.8, 4) is 0 Å². The Bertz CT molecular complexity index is 435. The molecule has 2 N–H and O–H groups in total. The van der Waals surface area contributed by atoms with Crippen LogP contribution in [0.3, 0.4) is 0 Å². The Balaban J connectivity index is 3.47. The second-order valence-corrected chi connectivity index (χ2v) is 3.79. The molecule has 1 rings (SSSR count). The molecule has 0 aliphatic rings. The van der Waals surface area contributed by atoms with Gasteiger partial charge in [0.2, 0.25) is 0 Å². The molecule has 90 valence electrons. The van der Waals surface area contributed by atoms with Crippen LogP contribution in [0.2, 0.25) is 0 Å². The Kier molecular flexibility index (Phi) is 3.42. The lowest BCUT2D eigenvalue weighted by molar-refractivity contribution is -0.138. The van der Waals surface area contributed by atoms with Crippen molar-refractivity contribution in [1.82, 2.24) is 4.57 Å². The minimum absolute atomic E-state index is 0.125. The molecule has 0 saturated heterocycles. The molecular weight excluding hydrogens is 221 g/mol. The summed E-state index contributed by atoms with van der Waals surface area (Å²) in [5.41, 5.74) is 4.04. The maximum absolute atomic E-state index is 12.5. The van der Waals surface area contributed by atoms with Gasteiger partial charge in [-0.25, -0.2) is 0 Å². The zero-order chi connectivity index (χ0) is 12.5. The van der Waals surface area contributed by atoms with E-state index in [4.69, 9.17) is 5.73 Å². The Labute approximate surface area is 90.7 Å². The number of hydrogen-bond acceptors (Lipinski definition) is 2. The van der Waals surface area contributed by atoms with E-state index in [0.29, 0.717) is 0 Å². The molecule has 0 radical (unpaired) electrons. The predicted octanol–water partition coefficient (Wildman–Crippen LogP) is 1.91. The van der Waals surface area contributed by atoms with Crippen LogP contribution in [0.25, 0.3) is 0 Å². The third kappa shape index (κ3) is 2.44. The van der Waals surface area contributed by atoms with Crippen molar-refractivity contribution in [3.05, 3.63) is 33.7 Å². The SMILES string of the molecule is CC(C)c1cc(C(F)(F)F)cn(CN)c1=O. The molecule has 0 bridgehead atoms. The van der Waals surface area contributed by atoms with Crippen LogP contribution in [0.1, 0.15) is 30.9 Å². The molecule has 1 aromatic heterocycles. The molecule has 0 fully saturated rings. The van der Waals surface area contributed by atoms with Gasteiger partial charge in [0, 0.05) is 11.8 Å². The molecule has 0 spiro atoms. The van der Waals surface area contributed by atoms with E-state index >= 15 is 0 Å². The van der Waals surface area contributed by atoms with Gasteiger partial charge >= 0.3 is 6.18 Å². The molecule has 6 heteroatoms. The van der Waals surface area contributed by atoms with E-state index in [-0.39, 0.29) is 18.2 Å². The van der Waals surface area contributed by atoms with Crippen LogP contribution in [0.15, 0.2) is 17.1 Å². The monoisotopic (exact) mass is 234 g/mol. The smallest absolute Gasteiger partial charge is 0.313 e. The number of nitrogens with two attached hydrogens (primary N) is 1. The van der Waals surface area contributed by atoms with Gasteiger partial charge in [-0.05, 0) is 12.0 Å². The predicted molar refractivity (Wildman–Crippen MR) is 54.0 cm³/mol. The maximum atomic E-state index is 12.5. The standard InChI is InChI=1S/C10H13F3N2O/c1-6(2)8-3-7(10(11,12)13)4-15(5-14)9(8)16/h3-4,6H,5,14H2,1-2H3. The normalized spacial score (nSPS) is 12.2. The van der Waals surface area contributed by atoms with Crippen molar-refractivity contribution in [1.29, 1.82) is 0 Å². The number of pyridine rings is 1. The van der Waals surface area contributed by atoms with E-state index in [0.717, 1.165) is 16.8 Å². The van der Waals surface area contributed by atoms with E-state index < -0.39 is 17.3 Å². The first-order valence-electron chi connectivity index (χ1n) is 4.79. The summed E-state index contributed by atoms with van der Waals surface area (Å²) >= 11 is 0. The lowest BCUT2D eigenvalue weighted by Crippen LogP contribution is -2.29. The average Bonchev–Trinajstić information content (AvgIpc) is 2.15. The summed E-state index contributed by atoms with van der Waals surface area (Å²) in [6.45, 7) is 3.07. The number of alkyl halides is 3. The van der Waals surface area contributed by atoms with E-state index in [2.05, 4.69) is 0 Å². The third-order valence-electron chi connectivity index (χ3n) is 2.26. The Hall–Kier alpha value is -1.30. The van der Waals surface area contributed by atoms with E-state index in [1.807, 2.05) is 0 Å². The second-order valence-electron chi connectivity index (χ2n) is 3.79. The molecule has 1 heterocycles. The summed E-state index contributed by atoms with van der Waals surface area (Å²) < 4.78 is 38.4. The van der Waals surface area contributed by atoms with Crippen molar-refractivity contribution >= 4 is 0 Å². The molecule has 0 aliphatic carbocycles. The highest BCUT2D eigenvalue weighted by Gasteiger charge is 2.32. The highest BCUT2D eigenvalue weighted by Crippen LogP contribution is 2.29. The molecule has 1 aromatic rings. The molecule has 3 nitrogen and oxygen atoms in total. The number of rotatable bonds is 2. The van der Waals surface area contributed by atoms with E-state index in [1.54, 1.807) is 13.8 Å². The van der Waals surface area contributed by atoms with Gasteiger partial charge in [0.25, 0.3) is 5.56 Å². The fraction of sp³-hybridized carbons (Fsp3) is 0.500. The minimum atomic E-state index is -4.46. The Morgan fingerprint density at radius 2 is 2.00 bits per heavy atom. The number of aromatic nitrogens is 1. The van der Waals surface area contributed by atoms with E-state index in [9.17, 15) is 18.0 Å². The first-order valence-corrected chi connectivity index (χ1v) is 4.79. The van der Waals surface area contributed by atoms with Gasteiger partial charge in [-0.2, -0.15) is 13.2 Å². The summed E-state index contributed by atoms with van der Waals surface area (Å²) in [5.74, 6) is -0.271. The van der Waals surface area contributed by atoms with Gasteiger partial charge in [-0.3, -0.25) is 4.79 Å². The summed E-state index contributed by atoms with van der Waals surface area (Å²) in [6.07, 6.45) is -3.72. The van der Waals surface area contributed by atoms with Gasteiger partial charge in [0.15, 0.2) is 0 Å². The van der Waals surface area contributed by atoms with Crippen molar-refractivity contribution in [2.45, 2.75) is 32.6 Å². The second kappa shape index (κ2) is 4.29. The number of hydrogen-bond donors (Lipinski definition) is 1. The van der Waals surface area contributed by atoms with Crippen LogP contribution in [0.4, 0.5) is 13.2 Å². The Morgan fingerprint density at radius 1 is 1.44 bits per heavy atom. The third-order valence-corrected chi connectivity index (χ3v) is 2.26. The topological polar surface area (TPSA) is 48.0 Å². The van der Waals surface area contributed by atoms with Crippen LogP contribution >= 0.6 is 0 Å². The first-order chi connectivity index (χ1) is 7.27. The zero-order valence-corrected chi connectivity index (χ0v) is 9.01. The van der Waals surface area contributed by atoms with Crippen LogP contribution < -0.4 is 11.3 Å². The lowest BCUT2D eigenvalue weighted by atomic mass is 10.0. The van der Waals surface area contributed by atoms with Crippen molar-refractivity contribution in [2.24, 2.45) is 5.73 Å². The summed E-state index contributed by atoms with van der Waals surface area (Å²) in [4.78, 5) is 11.6. The summed E-state index contributed by atoms with van der Waals surface area (Å²) in [7, 11) is 0. The summed E-state index contributed by atoms with van der Waals surface area (Å²) in [6, 6.07) is 0.888. The highest BCUT2D eigenvalue weighted by atomic mass is 19.4.